The lowest BCUT2D eigenvalue weighted by Crippen LogP contribution is -2.09. The van der Waals surface area contributed by atoms with Crippen LogP contribution in [0.25, 0.3) is 0 Å². The third-order valence-electron chi connectivity index (χ3n) is 3.21. The zero-order valence-electron chi connectivity index (χ0n) is 13.3. The van der Waals surface area contributed by atoms with E-state index in [1.165, 1.54) is 18.2 Å². The maximum atomic E-state index is 10.7. The van der Waals surface area contributed by atoms with Crippen LogP contribution in [0.3, 0.4) is 0 Å². The van der Waals surface area contributed by atoms with E-state index in [1.807, 2.05) is 30.3 Å². The second-order valence-corrected chi connectivity index (χ2v) is 5.49. The number of nitro groups is 1. The van der Waals surface area contributed by atoms with Crippen molar-refractivity contribution in [3.8, 4) is 5.75 Å². The summed E-state index contributed by atoms with van der Waals surface area (Å²) in [5.41, 5.74) is 6.38. The molecule has 0 aliphatic rings. The van der Waals surface area contributed by atoms with Gasteiger partial charge < -0.3 is 15.8 Å². The van der Waals surface area contributed by atoms with E-state index in [0.29, 0.717) is 0 Å². The van der Waals surface area contributed by atoms with Gasteiger partial charge in [0.15, 0.2) is 5.82 Å². The number of halogens is 1. The molecule has 0 aliphatic heterocycles. The SMILES string of the molecule is Nc1nc(COc2ccc([N+](=O)[O-])cc2Cl)nc(Nc2ccccc2)n1. The van der Waals surface area contributed by atoms with E-state index in [-0.39, 0.29) is 40.8 Å². The Balaban J connectivity index is 1.73. The van der Waals surface area contributed by atoms with Crippen LogP contribution in [0.2, 0.25) is 5.02 Å². The summed E-state index contributed by atoms with van der Waals surface area (Å²) in [7, 11) is 0. The molecule has 0 bridgehead atoms. The maximum absolute atomic E-state index is 10.7. The number of ether oxygens (including phenoxy) is 1. The number of nitro benzene ring substituents is 1. The summed E-state index contributed by atoms with van der Waals surface area (Å²) in [5, 5.41) is 13.9. The van der Waals surface area contributed by atoms with Crippen molar-refractivity contribution in [3.63, 3.8) is 0 Å². The van der Waals surface area contributed by atoms with E-state index in [9.17, 15) is 10.1 Å². The van der Waals surface area contributed by atoms with Gasteiger partial charge >= 0.3 is 0 Å². The lowest BCUT2D eigenvalue weighted by atomic mass is 10.3. The highest BCUT2D eigenvalue weighted by Gasteiger charge is 2.12. The molecular formula is C16H13ClN6O3. The molecule has 9 nitrogen and oxygen atoms in total. The van der Waals surface area contributed by atoms with Gasteiger partial charge in [-0.1, -0.05) is 29.8 Å². The van der Waals surface area contributed by atoms with Crippen LogP contribution in [0.4, 0.5) is 23.3 Å². The molecule has 26 heavy (non-hydrogen) atoms. The fourth-order valence-corrected chi connectivity index (χ4v) is 2.30. The van der Waals surface area contributed by atoms with Gasteiger partial charge in [0.1, 0.15) is 12.4 Å². The van der Waals surface area contributed by atoms with E-state index in [0.717, 1.165) is 5.69 Å². The molecule has 0 spiro atoms. The first-order chi connectivity index (χ1) is 12.5. The molecule has 0 unspecified atom stereocenters. The van der Waals surface area contributed by atoms with Crippen molar-refractivity contribution >= 4 is 34.9 Å². The van der Waals surface area contributed by atoms with Gasteiger partial charge in [-0.05, 0) is 18.2 Å². The Labute approximate surface area is 153 Å². The number of para-hydroxylation sites is 1. The lowest BCUT2D eigenvalue weighted by Gasteiger charge is -2.09. The molecule has 3 aromatic rings. The second kappa shape index (κ2) is 7.62. The number of aromatic nitrogens is 3. The first-order valence-corrected chi connectivity index (χ1v) is 7.78. The molecule has 3 rings (SSSR count). The Morgan fingerprint density at radius 1 is 1.15 bits per heavy atom. The zero-order chi connectivity index (χ0) is 18.5. The standard InChI is InChI=1S/C16H13ClN6O3/c17-12-8-11(23(24)25)6-7-13(12)26-9-14-20-15(18)22-16(21-14)19-10-4-2-1-3-5-10/h1-8H,9H2,(H3,18,19,20,21,22). The van der Waals surface area contributed by atoms with Crippen molar-refractivity contribution in [1.29, 1.82) is 0 Å². The molecule has 3 N–H and O–H groups in total. The molecule has 1 aromatic heterocycles. The van der Waals surface area contributed by atoms with Crippen molar-refractivity contribution in [1.82, 2.24) is 15.0 Å². The van der Waals surface area contributed by atoms with E-state index in [2.05, 4.69) is 20.3 Å². The topological polar surface area (TPSA) is 129 Å². The van der Waals surface area contributed by atoms with Gasteiger partial charge in [-0.2, -0.15) is 15.0 Å². The van der Waals surface area contributed by atoms with Crippen molar-refractivity contribution in [2.75, 3.05) is 11.1 Å². The molecule has 1 heterocycles. The fourth-order valence-electron chi connectivity index (χ4n) is 2.07. The van der Waals surface area contributed by atoms with Gasteiger partial charge in [-0.25, -0.2) is 0 Å². The molecular weight excluding hydrogens is 360 g/mol. The number of hydrogen-bond donors (Lipinski definition) is 2. The Morgan fingerprint density at radius 2 is 1.92 bits per heavy atom. The van der Waals surface area contributed by atoms with Gasteiger partial charge in [0, 0.05) is 17.8 Å². The number of hydrogen-bond acceptors (Lipinski definition) is 8. The normalized spacial score (nSPS) is 10.3. The third-order valence-corrected chi connectivity index (χ3v) is 3.51. The highest BCUT2D eigenvalue weighted by molar-refractivity contribution is 6.32. The number of anilines is 3. The number of benzene rings is 2. The molecule has 0 atom stereocenters. The van der Waals surface area contributed by atoms with Crippen LogP contribution in [-0.4, -0.2) is 19.9 Å². The van der Waals surface area contributed by atoms with Crippen molar-refractivity contribution in [2.24, 2.45) is 0 Å². The maximum Gasteiger partial charge on any atom is 0.271 e. The number of nitrogens with zero attached hydrogens (tertiary/aromatic N) is 4. The van der Waals surface area contributed by atoms with Crippen LogP contribution in [0, 0.1) is 10.1 Å². The van der Waals surface area contributed by atoms with Crippen LogP contribution < -0.4 is 15.8 Å². The van der Waals surface area contributed by atoms with Gasteiger partial charge in [0.25, 0.3) is 5.69 Å². The van der Waals surface area contributed by atoms with Crippen molar-refractivity contribution in [2.45, 2.75) is 6.61 Å². The molecule has 0 fully saturated rings. The van der Waals surface area contributed by atoms with Crippen LogP contribution >= 0.6 is 11.6 Å². The first-order valence-electron chi connectivity index (χ1n) is 7.40. The summed E-state index contributed by atoms with van der Waals surface area (Å²) in [5.74, 6) is 0.864. The number of nitrogens with one attached hydrogen (secondary N) is 1. The Bertz CT molecular complexity index is 939. The average Bonchev–Trinajstić information content (AvgIpc) is 2.61. The van der Waals surface area contributed by atoms with Crippen molar-refractivity contribution in [3.05, 3.63) is 69.5 Å². The first kappa shape index (κ1) is 17.4. The van der Waals surface area contributed by atoms with E-state index in [4.69, 9.17) is 22.1 Å². The Hall–Kier alpha value is -3.46. The van der Waals surface area contributed by atoms with E-state index in [1.54, 1.807) is 0 Å². The zero-order valence-corrected chi connectivity index (χ0v) is 14.1. The number of rotatable bonds is 6. The van der Waals surface area contributed by atoms with Crippen molar-refractivity contribution < 1.29 is 9.66 Å². The number of non-ortho nitro benzene ring substituents is 1. The summed E-state index contributed by atoms with van der Waals surface area (Å²) in [6, 6.07) is 13.3. The molecule has 132 valence electrons. The lowest BCUT2D eigenvalue weighted by molar-refractivity contribution is -0.384. The quantitative estimate of drug-likeness (QED) is 0.497. The summed E-state index contributed by atoms with van der Waals surface area (Å²) in [4.78, 5) is 22.4. The summed E-state index contributed by atoms with van der Waals surface area (Å²) >= 11 is 5.99. The summed E-state index contributed by atoms with van der Waals surface area (Å²) < 4.78 is 5.53. The van der Waals surface area contributed by atoms with Gasteiger partial charge in [0.05, 0.1) is 9.95 Å². The predicted octanol–water partition coefficient (Wildman–Crippen LogP) is 3.34. The largest absolute Gasteiger partial charge is 0.484 e. The summed E-state index contributed by atoms with van der Waals surface area (Å²) in [6.07, 6.45) is 0. The number of nitrogens with two attached hydrogens (primary N) is 1. The monoisotopic (exact) mass is 372 g/mol. The molecule has 2 aromatic carbocycles. The number of nitrogen functional groups attached to an aromatic ring is 1. The highest BCUT2D eigenvalue weighted by Crippen LogP contribution is 2.29. The van der Waals surface area contributed by atoms with E-state index >= 15 is 0 Å². The highest BCUT2D eigenvalue weighted by atomic mass is 35.5. The average molecular weight is 373 g/mol. The molecule has 0 saturated carbocycles. The molecule has 0 aliphatic carbocycles. The van der Waals surface area contributed by atoms with Crippen LogP contribution in [-0.2, 0) is 6.61 Å². The van der Waals surface area contributed by atoms with Gasteiger partial charge in [-0.15, -0.1) is 0 Å². The molecule has 0 radical (unpaired) electrons. The summed E-state index contributed by atoms with van der Waals surface area (Å²) in [6.45, 7) is -0.0340. The van der Waals surface area contributed by atoms with Crippen LogP contribution in [0.15, 0.2) is 48.5 Å². The second-order valence-electron chi connectivity index (χ2n) is 5.08. The minimum absolute atomic E-state index is 0.0340. The predicted molar refractivity (Wildman–Crippen MR) is 96.4 cm³/mol. The van der Waals surface area contributed by atoms with Crippen LogP contribution in [0.1, 0.15) is 5.82 Å². The molecule has 0 saturated heterocycles. The van der Waals surface area contributed by atoms with Gasteiger partial charge in [0.2, 0.25) is 11.9 Å². The molecule has 10 heteroatoms. The molecule has 0 amide bonds. The Morgan fingerprint density at radius 3 is 2.62 bits per heavy atom. The van der Waals surface area contributed by atoms with Gasteiger partial charge in [-0.3, -0.25) is 10.1 Å². The smallest absolute Gasteiger partial charge is 0.271 e. The minimum Gasteiger partial charge on any atom is -0.484 e. The third kappa shape index (κ3) is 4.33. The van der Waals surface area contributed by atoms with Crippen LogP contribution in [0.5, 0.6) is 5.75 Å². The van der Waals surface area contributed by atoms with E-state index < -0.39 is 4.92 Å². The fraction of sp³-hybridized carbons (Fsp3) is 0.0625. The minimum atomic E-state index is -0.538. The Kier molecular flexibility index (Phi) is 5.09.